The van der Waals surface area contributed by atoms with Gasteiger partial charge in [0, 0.05) is 0 Å². The second-order valence-electron chi connectivity index (χ2n) is 4.02. The molecule has 1 aliphatic rings. The smallest absolute Gasteiger partial charge is 0.337 e. The summed E-state index contributed by atoms with van der Waals surface area (Å²) in [6.45, 7) is 1.73. The van der Waals surface area contributed by atoms with E-state index in [1.54, 1.807) is 19.1 Å². The van der Waals surface area contributed by atoms with Crippen LogP contribution in [-0.4, -0.2) is 29.3 Å². The molecule has 1 aliphatic heterocycles. The molecular weight excluding hydrogens is 222 g/mol. The first-order valence-electron chi connectivity index (χ1n) is 5.15. The highest BCUT2D eigenvalue weighted by Crippen LogP contribution is 2.25. The monoisotopic (exact) mass is 233 g/mol. The van der Waals surface area contributed by atoms with Crippen molar-refractivity contribution in [2.75, 3.05) is 11.4 Å². The van der Waals surface area contributed by atoms with Crippen molar-refractivity contribution < 1.29 is 19.5 Å². The van der Waals surface area contributed by atoms with Crippen LogP contribution in [0.3, 0.4) is 0 Å². The predicted molar refractivity (Wildman–Crippen MR) is 60.1 cm³/mol. The highest BCUT2D eigenvalue weighted by atomic mass is 16.4. The molecule has 2 rings (SSSR count). The van der Waals surface area contributed by atoms with E-state index in [4.69, 9.17) is 5.11 Å². The van der Waals surface area contributed by atoms with Gasteiger partial charge in [0.05, 0.1) is 24.2 Å². The molecule has 17 heavy (non-hydrogen) atoms. The van der Waals surface area contributed by atoms with Gasteiger partial charge in [0.2, 0.25) is 5.91 Å². The Morgan fingerprint density at radius 1 is 1.35 bits per heavy atom. The van der Waals surface area contributed by atoms with Crippen LogP contribution in [0.2, 0.25) is 0 Å². The van der Waals surface area contributed by atoms with Gasteiger partial charge in [-0.25, -0.2) is 4.79 Å². The zero-order valence-electron chi connectivity index (χ0n) is 9.27. The number of Topliss-reactive ketones (excluding diaryl/α,β-unsaturated/α-hetero) is 1. The molecule has 1 heterocycles. The number of rotatable bonds is 2. The minimum Gasteiger partial charge on any atom is -0.478 e. The Bertz CT molecular complexity index is 521. The molecule has 5 nitrogen and oxygen atoms in total. The van der Waals surface area contributed by atoms with Crippen LogP contribution in [0.15, 0.2) is 18.2 Å². The van der Waals surface area contributed by atoms with Gasteiger partial charge in [-0.15, -0.1) is 0 Å². The van der Waals surface area contributed by atoms with E-state index < -0.39 is 5.97 Å². The normalized spacial score (nSPS) is 15.5. The minimum absolute atomic E-state index is 0.0395. The first-order valence-corrected chi connectivity index (χ1v) is 5.15. The molecule has 0 radical (unpaired) electrons. The summed E-state index contributed by atoms with van der Waals surface area (Å²) in [5.74, 6) is -1.64. The Labute approximate surface area is 97.7 Å². The van der Waals surface area contributed by atoms with E-state index in [-0.39, 0.29) is 30.2 Å². The molecule has 1 saturated heterocycles. The third kappa shape index (κ3) is 2.04. The van der Waals surface area contributed by atoms with E-state index in [1.165, 1.54) is 11.0 Å². The van der Waals surface area contributed by atoms with Crippen molar-refractivity contribution in [3.8, 4) is 0 Å². The SMILES string of the molecule is Cc1ccc(N2CC(=O)CC2=O)c(C(=O)O)c1. The van der Waals surface area contributed by atoms with Crippen molar-refractivity contribution in [1.29, 1.82) is 0 Å². The van der Waals surface area contributed by atoms with Crippen LogP contribution in [0, 0.1) is 6.92 Å². The summed E-state index contributed by atoms with van der Waals surface area (Å²) < 4.78 is 0. The molecule has 1 amide bonds. The summed E-state index contributed by atoms with van der Waals surface area (Å²) >= 11 is 0. The number of ketones is 1. The largest absolute Gasteiger partial charge is 0.478 e. The van der Waals surface area contributed by atoms with Crippen molar-refractivity contribution in [1.82, 2.24) is 0 Å². The molecule has 0 spiro atoms. The van der Waals surface area contributed by atoms with Gasteiger partial charge in [-0.2, -0.15) is 0 Å². The van der Waals surface area contributed by atoms with E-state index in [2.05, 4.69) is 0 Å². The summed E-state index contributed by atoms with van der Waals surface area (Å²) in [4.78, 5) is 35.1. The number of anilines is 1. The zero-order chi connectivity index (χ0) is 12.6. The van der Waals surface area contributed by atoms with Gasteiger partial charge in [0.15, 0.2) is 5.78 Å². The molecule has 5 heteroatoms. The predicted octanol–water partition coefficient (Wildman–Crippen LogP) is 0.999. The molecule has 0 aliphatic carbocycles. The summed E-state index contributed by atoms with van der Waals surface area (Å²) in [5.41, 5.74) is 1.14. The fourth-order valence-electron chi connectivity index (χ4n) is 1.86. The minimum atomic E-state index is -1.10. The number of aromatic carboxylic acids is 1. The van der Waals surface area contributed by atoms with Gasteiger partial charge in [-0.05, 0) is 19.1 Å². The lowest BCUT2D eigenvalue weighted by atomic mass is 10.1. The fraction of sp³-hybridized carbons (Fsp3) is 0.250. The first kappa shape index (κ1) is 11.3. The fourth-order valence-corrected chi connectivity index (χ4v) is 1.86. The highest BCUT2D eigenvalue weighted by Gasteiger charge is 2.31. The number of carboxylic acid groups (broad SMARTS) is 1. The van der Waals surface area contributed by atoms with Crippen molar-refractivity contribution in [3.63, 3.8) is 0 Å². The number of carbonyl (C=O) groups excluding carboxylic acids is 2. The van der Waals surface area contributed by atoms with Crippen LogP contribution in [0.4, 0.5) is 5.69 Å². The topological polar surface area (TPSA) is 74.7 Å². The number of carbonyl (C=O) groups is 3. The number of benzene rings is 1. The average Bonchev–Trinajstić information content (AvgIpc) is 2.57. The lowest BCUT2D eigenvalue weighted by molar-refractivity contribution is -0.121. The Morgan fingerprint density at radius 3 is 2.59 bits per heavy atom. The second-order valence-corrected chi connectivity index (χ2v) is 4.02. The molecule has 1 aromatic carbocycles. The lowest BCUT2D eigenvalue weighted by Gasteiger charge is -2.17. The average molecular weight is 233 g/mol. The van der Waals surface area contributed by atoms with Crippen molar-refractivity contribution in [2.45, 2.75) is 13.3 Å². The number of hydrogen-bond acceptors (Lipinski definition) is 3. The molecule has 88 valence electrons. The summed E-state index contributed by atoms with van der Waals surface area (Å²) in [5, 5.41) is 9.08. The van der Waals surface area contributed by atoms with Gasteiger partial charge >= 0.3 is 5.97 Å². The molecule has 0 atom stereocenters. The second kappa shape index (κ2) is 4.01. The summed E-state index contributed by atoms with van der Waals surface area (Å²) in [7, 11) is 0. The summed E-state index contributed by atoms with van der Waals surface area (Å²) in [6, 6.07) is 4.78. The van der Waals surface area contributed by atoms with Crippen LogP contribution in [-0.2, 0) is 9.59 Å². The highest BCUT2D eigenvalue weighted by molar-refractivity contribution is 6.16. The Morgan fingerprint density at radius 2 is 2.06 bits per heavy atom. The maximum absolute atomic E-state index is 11.6. The maximum Gasteiger partial charge on any atom is 0.337 e. The molecule has 0 unspecified atom stereocenters. The Hall–Kier alpha value is -2.17. The van der Waals surface area contributed by atoms with Gasteiger partial charge in [0.25, 0.3) is 0 Å². The Kier molecular flexibility index (Phi) is 2.67. The van der Waals surface area contributed by atoms with Crippen molar-refractivity contribution in [2.24, 2.45) is 0 Å². The number of aryl methyl sites for hydroxylation is 1. The first-order chi connectivity index (χ1) is 7.99. The zero-order valence-corrected chi connectivity index (χ0v) is 9.27. The molecule has 0 aromatic heterocycles. The molecule has 1 aromatic rings. The number of nitrogens with zero attached hydrogens (tertiary/aromatic N) is 1. The maximum atomic E-state index is 11.6. The molecular formula is C12H11NO4. The Balaban J connectivity index is 2.48. The number of carboxylic acids is 1. The van der Waals surface area contributed by atoms with Crippen LogP contribution < -0.4 is 4.90 Å². The van der Waals surface area contributed by atoms with Crippen LogP contribution >= 0.6 is 0 Å². The molecule has 1 N–H and O–H groups in total. The van der Waals surface area contributed by atoms with Gasteiger partial charge in [0.1, 0.15) is 0 Å². The van der Waals surface area contributed by atoms with Crippen molar-refractivity contribution in [3.05, 3.63) is 29.3 Å². The van der Waals surface area contributed by atoms with Gasteiger partial charge in [-0.1, -0.05) is 11.6 Å². The lowest BCUT2D eigenvalue weighted by Crippen LogP contribution is -2.26. The molecule has 0 saturated carbocycles. The molecule has 1 fully saturated rings. The number of hydrogen-bond donors (Lipinski definition) is 1. The van der Waals surface area contributed by atoms with E-state index >= 15 is 0 Å². The van der Waals surface area contributed by atoms with Gasteiger partial charge in [-0.3, -0.25) is 9.59 Å². The van der Waals surface area contributed by atoms with Gasteiger partial charge < -0.3 is 10.0 Å². The van der Waals surface area contributed by atoms with Crippen LogP contribution in [0.25, 0.3) is 0 Å². The van der Waals surface area contributed by atoms with Crippen LogP contribution in [0.1, 0.15) is 22.3 Å². The number of amides is 1. The van der Waals surface area contributed by atoms with Crippen LogP contribution in [0.5, 0.6) is 0 Å². The molecule has 0 bridgehead atoms. The third-order valence-electron chi connectivity index (χ3n) is 2.66. The third-order valence-corrected chi connectivity index (χ3v) is 2.66. The van der Waals surface area contributed by atoms with E-state index in [0.29, 0.717) is 5.69 Å². The van der Waals surface area contributed by atoms with E-state index in [1.807, 2.05) is 0 Å². The van der Waals surface area contributed by atoms with E-state index in [0.717, 1.165) is 5.56 Å². The van der Waals surface area contributed by atoms with E-state index in [9.17, 15) is 14.4 Å². The van der Waals surface area contributed by atoms with Crippen molar-refractivity contribution >= 4 is 23.3 Å². The quantitative estimate of drug-likeness (QED) is 0.773. The summed E-state index contributed by atoms with van der Waals surface area (Å²) in [6.07, 6.45) is -0.146. The standard InChI is InChI=1S/C12H11NO4/c1-7-2-3-10(9(4-7)12(16)17)13-6-8(14)5-11(13)15/h2-4H,5-6H2,1H3,(H,16,17).